The molecule has 1 unspecified atom stereocenters. The van der Waals surface area contributed by atoms with Crippen molar-refractivity contribution in [3.05, 3.63) is 34.9 Å². The molecule has 4 aliphatic carbocycles. The van der Waals surface area contributed by atoms with E-state index in [4.69, 9.17) is 11.6 Å². The van der Waals surface area contributed by atoms with Crippen molar-refractivity contribution < 1.29 is 14.4 Å². The van der Waals surface area contributed by atoms with Crippen LogP contribution < -0.4 is 10.9 Å². The van der Waals surface area contributed by atoms with Crippen molar-refractivity contribution in [1.82, 2.24) is 15.8 Å². The predicted molar refractivity (Wildman–Crippen MR) is 122 cm³/mol. The van der Waals surface area contributed by atoms with Crippen LogP contribution in [0.3, 0.4) is 0 Å². The number of nitrogens with zero attached hydrogens (tertiary/aromatic N) is 1. The van der Waals surface area contributed by atoms with Crippen LogP contribution in [0.4, 0.5) is 0 Å². The summed E-state index contributed by atoms with van der Waals surface area (Å²) in [5.41, 5.74) is 6.05. The highest BCUT2D eigenvalue weighted by Gasteiger charge is 2.51. The van der Waals surface area contributed by atoms with Gasteiger partial charge in [-0.15, -0.1) is 0 Å². The van der Waals surface area contributed by atoms with E-state index in [1.54, 1.807) is 29.2 Å². The Kier molecular flexibility index (Phi) is 5.91. The Morgan fingerprint density at radius 2 is 1.59 bits per heavy atom. The molecule has 6 rings (SSSR count). The van der Waals surface area contributed by atoms with Crippen molar-refractivity contribution in [3.8, 4) is 0 Å². The van der Waals surface area contributed by atoms with Gasteiger partial charge in [-0.05, 0) is 98.8 Å². The molecule has 4 saturated carbocycles. The van der Waals surface area contributed by atoms with Gasteiger partial charge in [0.05, 0.1) is 5.92 Å². The number of nitrogens with one attached hydrogen (secondary N) is 2. The van der Waals surface area contributed by atoms with Gasteiger partial charge in [0.1, 0.15) is 0 Å². The van der Waals surface area contributed by atoms with E-state index >= 15 is 0 Å². The lowest BCUT2D eigenvalue weighted by Gasteiger charge is -2.56. The highest BCUT2D eigenvalue weighted by molar-refractivity contribution is 6.30. The first kappa shape index (κ1) is 21.7. The molecule has 4 bridgehead atoms. The Balaban J connectivity index is 1.12. The van der Waals surface area contributed by atoms with Gasteiger partial charge < -0.3 is 4.90 Å². The number of rotatable bonds is 4. The lowest BCUT2D eigenvalue weighted by Crippen LogP contribution is -2.52. The quantitative estimate of drug-likeness (QED) is 0.672. The first-order valence-electron chi connectivity index (χ1n) is 12.0. The van der Waals surface area contributed by atoms with E-state index in [9.17, 15) is 14.4 Å². The highest BCUT2D eigenvalue weighted by atomic mass is 35.5. The topological polar surface area (TPSA) is 78.5 Å². The summed E-state index contributed by atoms with van der Waals surface area (Å²) in [6.07, 6.45) is 9.56. The van der Waals surface area contributed by atoms with E-state index in [-0.39, 0.29) is 29.1 Å². The van der Waals surface area contributed by atoms with Crippen LogP contribution in [0.15, 0.2) is 24.3 Å². The van der Waals surface area contributed by atoms with Gasteiger partial charge in [0.15, 0.2) is 0 Å². The monoisotopic (exact) mass is 457 g/mol. The van der Waals surface area contributed by atoms with Crippen molar-refractivity contribution in [3.63, 3.8) is 0 Å². The molecular formula is C25H32ClN3O3. The third-order valence-electron chi connectivity index (χ3n) is 8.20. The largest absolute Gasteiger partial charge is 0.338 e. The molecule has 3 amide bonds. The summed E-state index contributed by atoms with van der Waals surface area (Å²) in [5.74, 6) is 1.70. The molecule has 6 nitrogen and oxygen atoms in total. The van der Waals surface area contributed by atoms with Crippen molar-refractivity contribution >= 4 is 29.3 Å². The number of halogens is 1. The molecule has 1 saturated heterocycles. The highest BCUT2D eigenvalue weighted by Crippen LogP contribution is 2.61. The molecule has 1 atom stereocenters. The number of likely N-dealkylation sites (tertiary alicyclic amines) is 1. The number of benzene rings is 1. The Bertz CT molecular complexity index is 865. The molecule has 0 radical (unpaired) electrons. The van der Waals surface area contributed by atoms with Crippen LogP contribution in [0.5, 0.6) is 0 Å². The molecule has 0 spiro atoms. The minimum atomic E-state index is -0.320. The normalized spacial score (nSPS) is 33.1. The van der Waals surface area contributed by atoms with Crippen molar-refractivity contribution in [1.29, 1.82) is 0 Å². The van der Waals surface area contributed by atoms with Gasteiger partial charge in [0, 0.05) is 30.1 Å². The fraction of sp³-hybridized carbons (Fsp3) is 0.640. The van der Waals surface area contributed by atoms with Crippen LogP contribution >= 0.6 is 11.6 Å². The number of carbonyl (C=O) groups excluding carboxylic acids is 3. The lowest BCUT2D eigenvalue weighted by atomic mass is 9.49. The predicted octanol–water partition coefficient (Wildman–Crippen LogP) is 3.95. The van der Waals surface area contributed by atoms with E-state index in [0.29, 0.717) is 36.5 Å². The first-order valence-corrected chi connectivity index (χ1v) is 12.4. The number of hydrogen-bond donors (Lipinski definition) is 2. The number of carbonyl (C=O) groups is 3. The molecule has 1 aromatic rings. The number of hydrogen-bond acceptors (Lipinski definition) is 3. The van der Waals surface area contributed by atoms with Crippen LogP contribution in [0.25, 0.3) is 0 Å². The smallest absolute Gasteiger partial charge is 0.253 e. The lowest BCUT2D eigenvalue weighted by molar-refractivity contribution is -0.136. The van der Waals surface area contributed by atoms with E-state index in [1.807, 2.05) is 0 Å². The van der Waals surface area contributed by atoms with Crippen molar-refractivity contribution in [2.45, 2.75) is 57.8 Å². The summed E-state index contributed by atoms with van der Waals surface area (Å²) in [6.45, 7) is 0.988. The number of hydrazine groups is 1. The number of piperidine rings is 1. The standard InChI is InChI=1S/C25H32ClN3O3/c26-21-5-3-19(4-6-21)24(32)29-7-1-2-20(15-29)23(31)28-27-22(30)14-25-11-16-8-17(12-25)10-18(9-16)13-25/h3-6,16-18,20H,1-2,7-15H2,(H,27,30)(H,28,31). The molecule has 5 fully saturated rings. The fourth-order valence-corrected chi connectivity index (χ4v) is 7.40. The third kappa shape index (κ3) is 4.52. The first-order chi connectivity index (χ1) is 15.4. The maximum Gasteiger partial charge on any atom is 0.253 e. The zero-order valence-corrected chi connectivity index (χ0v) is 19.2. The van der Waals surface area contributed by atoms with Gasteiger partial charge in [0.2, 0.25) is 11.8 Å². The third-order valence-corrected chi connectivity index (χ3v) is 8.45. The summed E-state index contributed by atoms with van der Waals surface area (Å²) < 4.78 is 0. The second-order valence-corrected chi connectivity index (χ2v) is 11.2. The zero-order chi connectivity index (χ0) is 22.3. The molecule has 5 aliphatic rings. The Hall–Kier alpha value is -2.08. The molecule has 172 valence electrons. The van der Waals surface area contributed by atoms with Gasteiger partial charge in [0.25, 0.3) is 5.91 Å². The zero-order valence-electron chi connectivity index (χ0n) is 18.4. The van der Waals surface area contributed by atoms with E-state index in [2.05, 4.69) is 10.9 Å². The Morgan fingerprint density at radius 3 is 2.22 bits per heavy atom. The van der Waals surface area contributed by atoms with Gasteiger partial charge in [-0.25, -0.2) is 0 Å². The average Bonchev–Trinajstić information content (AvgIpc) is 2.76. The Labute approximate surface area is 194 Å². The molecular weight excluding hydrogens is 426 g/mol. The van der Waals surface area contributed by atoms with E-state index in [0.717, 1.165) is 24.2 Å². The molecule has 0 aromatic heterocycles. The summed E-state index contributed by atoms with van der Waals surface area (Å²) in [6, 6.07) is 6.81. The van der Waals surface area contributed by atoms with Gasteiger partial charge in [-0.3, -0.25) is 25.2 Å². The van der Waals surface area contributed by atoms with Crippen LogP contribution in [0.2, 0.25) is 5.02 Å². The van der Waals surface area contributed by atoms with Crippen LogP contribution in [-0.4, -0.2) is 35.7 Å². The van der Waals surface area contributed by atoms with E-state index < -0.39 is 0 Å². The molecule has 32 heavy (non-hydrogen) atoms. The van der Waals surface area contributed by atoms with Gasteiger partial charge >= 0.3 is 0 Å². The summed E-state index contributed by atoms with van der Waals surface area (Å²) >= 11 is 5.91. The minimum absolute atomic E-state index is 0.0785. The SMILES string of the molecule is O=C(CC12CC3CC(CC(C3)C1)C2)NNC(=O)C1CCCN(C(=O)c2ccc(Cl)cc2)C1. The maximum absolute atomic E-state index is 12.8. The minimum Gasteiger partial charge on any atom is -0.338 e. The molecule has 2 N–H and O–H groups in total. The van der Waals surface area contributed by atoms with Crippen LogP contribution in [0, 0.1) is 29.1 Å². The van der Waals surface area contributed by atoms with Crippen molar-refractivity contribution in [2.24, 2.45) is 29.1 Å². The van der Waals surface area contributed by atoms with Crippen LogP contribution in [-0.2, 0) is 9.59 Å². The molecule has 1 aliphatic heterocycles. The number of amides is 3. The Morgan fingerprint density at radius 1 is 0.969 bits per heavy atom. The van der Waals surface area contributed by atoms with E-state index in [1.165, 1.54) is 38.5 Å². The molecule has 7 heteroatoms. The summed E-state index contributed by atoms with van der Waals surface area (Å²) in [4.78, 5) is 39.9. The maximum atomic E-state index is 12.8. The van der Waals surface area contributed by atoms with Gasteiger partial charge in [-0.2, -0.15) is 0 Å². The van der Waals surface area contributed by atoms with Crippen LogP contribution in [0.1, 0.15) is 68.1 Å². The summed E-state index contributed by atoms with van der Waals surface area (Å²) in [5, 5.41) is 0.585. The molecule has 1 aromatic carbocycles. The fourth-order valence-electron chi connectivity index (χ4n) is 7.28. The average molecular weight is 458 g/mol. The summed E-state index contributed by atoms with van der Waals surface area (Å²) in [7, 11) is 0. The van der Waals surface area contributed by atoms with Crippen molar-refractivity contribution in [2.75, 3.05) is 13.1 Å². The second-order valence-electron chi connectivity index (χ2n) is 10.7. The van der Waals surface area contributed by atoms with Gasteiger partial charge in [-0.1, -0.05) is 11.6 Å². The molecule has 1 heterocycles. The second kappa shape index (κ2) is 8.69.